The molecule has 2 saturated carbocycles. The van der Waals surface area contributed by atoms with Gasteiger partial charge in [0, 0.05) is 12.8 Å². The molecule has 3 nitrogen and oxygen atoms in total. The van der Waals surface area contributed by atoms with E-state index in [2.05, 4.69) is 53.8 Å². The zero-order valence-corrected chi connectivity index (χ0v) is 27.5. The third-order valence-corrected chi connectivity index (χ3v) is 5.39. The Morgan fingerprint density at radius 3 is 1.57 bits per heavy atom. The fraction of sp³-hybridized carbons (Fsp3) is 0.958. The molecule has 0 aromatic rings. The van der Waals surface area contributed by atoms with E-state index in [9.17, 15) is 9.90 Å². The van der Waals surface area contributed by atoms with Crippen molar-refractivity contribution < 1.29 is 66.0 Å². The maximum atomic E-state index is 10.7. The molecule has 1 spiro atoms. The van der Waals surface area contributed by atoms with Crippen LogP contribution in [0.25, 0.3) is 0 Å². The predicted molar refractivity (Wildman–Crippen MR) is 137 cm³/mol. The minimum Gasteiger partial charge on any atom is -0.850 e. The molecule has 6 heteroatoms. The van der Waals surface area contributed by atoms with E-state index < -0.39 is 5.60 Å². The summed E-state index contributed by atoms with van der Waals surface area (Å²) >= 11 is 2.46. The van der Waals surface area contributed by atoms with Crippen LogP contribution in [0, 0.1) is 11.8 Å². The third-order valence-electron chi connectivity index (χ3n) is 5.39. The average Bonchev–Trinajstić information content (AvgIpc) is 3.33. The Balaban J connectivity index is 0. The van der Waals surface area contributed by atoms with Crippen LogP contribution in [0.1, 0.15) is 98.8 Å². The summed E-state index contributed by atoms with van der Waals surface area (Å²) in [5, 5.41) is 10.1. The van der Waals surface area contributed by atoms with Gasteiger partial charge in [0.25, 0.3) is 0 Å². The Morgan fingerprint density at radius 1 is 1.00 bits per heavy atom. The summed E-state index contributed by atoms with van der Waals surface area (Å²) < 4.78 is 5.43. The molecule has 176 valence electrons. The largest absolute Gasteiger partial charge is 1.00 e. The van der Waals surface area contributed by atoms with Gasteiger partial charge in [-0.1, -0.05) is 47.5 Å². The Labute approximate surface area is 244 Å². The number of carbonyl (C=O) groups is 1. The Hall–Kier alpha value is 2.31. The predicted octanol–water partition coefficient (Wildman–Crippen LogP) is 3.69. The molecular formula is C24H48IKO3S. The van der Waals surface area contributed by atoms with Crippen LogP contribution in [0.2, 0.25) is 0 Å². The van der Waals surface area contributed by atoms with Gasteiger partial charge in [-0.05, 0) is 90.3 Å². The molecule has 0 amide bonds. The van der Waals surface area contributed by atoms with E-state index in [1.54, 1.807) is 20.8 Å². The van der Waals surface area contributed by atoms with Gasteiger partial charge in [0.15, 0.2) is 0 Å². The van der Waals surface area contributed by atoms with Gasteiger partial charge in [-0.25, -0.2) is 0 Å². The average molecular weight is 583 g/mol. The number of rotatable bonds is 2. The first-order chi connectivity index (χ1) is 13.2. The van der Waals surface area contributed by atoms with E-state index in [0.29, 0.717) is 11.4 Å². The number of halogens is 1. The van der Waals surface area contributed by atoms with Crippen molar-refractivity contribution in [2.24, 2.45) is 11.8 Å². The zero-order valence-electron chi connectivity index (χ0n) is 21.4. The molecule has 1 saturated heterocycles. The number of Topliss-reactive ketones (excluding diaryl/α,β-unsaturated/α-hetero) is 1. The minimum absolute atomic E-state index is 0. The first-order valence-electron chi connectivity index (χ1n) is 11.4. The van der Waals surface area contributed by atoms with Crippen molar-refractivity contribution in [3.05, 3.63) is 0 Å². The molecule has 0 aromatic heterocycles. The Kier molecular flexibility index (Phi) is 19.4. The van der Waals surface area contributed by atoms with Gasteiger partial charge < -0.3 is 9.84 Å². The quantitative estimate of drug-likeness (QED) is 0.284. The molecule has 1 heterocycles. The second-order valence-corrected chi connectivity index (χ2v) is 21.8. The molecule has 0 atom stereocenters. The van der Waals surface area contributed by atoms with E-state index in [0.717, 1.165) is 44.1 Å². The fourth-order valence-corrected chi connectivity index (χ4v) is 3.41. The number of carbonyl (C=O) groups excluding carboxylic acids is 1. The van der Waals surface area contributed by atoms with Gasteiger partial charge in [-0.15, -0.1) is 5.60 Å². The van der Waals surface area contributed by atoms with E-state index in [1.807, 2.05) is 0 Å². The molecule has 2 aliphatic carbocycles. The van der Waals surface area contributed by atoms with Gasteiger partial charge in [0.05, 0.1) is 12.2 Å². The van der Waals surface area contributed by atoms with E-state index >= 15 is 0 Å². The number of epoxide rings is 1. The van der Waals surface area contributed by atoms with Crippen molar-refractivity contribution in [2.75, 3.05) is 25.4 Å². The fourth-order valence-electron chi connectivity index (χ4n) is 3.41. The standard InChI is InChI=1S/C9H16O.C8H14O.C4H9O.C3H9IS.K/c1-2-8-3-5-9(6-4-8)7-10-9;1-2-7-3-5-8(9)6-4-7;1-4(2,3)5;1-5(2,3)4;/h8H,2-7H2,1H3;7H,2-6H2,1H3;2*1-3H3;/q;;-1;;+1. The summed E-state index contributed by atoms with van der Waals surface area (Å²) in [7, 11) is -0.197. The summed E-state index contributed by atoms with van der Waals surface area (Å²) in [6.45, 7) is 10.5. The maximum absolute atomic E-state index is 10.7. The summed E-state index contributed by atoms with van der Waals surface area (Å²) in [6.07, 6.45) is 18.9. The number of hydrogen-bond donors (Lipinski definition) is 0. The van der Waals surface area contributed by atoms with Crippen LogP contribution in [-0.4, -0.2) is 42.4 Å². The number of ketones is 1. The molecule has 0 unspecified atom stereocenters. The van der Waals surface area contributed by atoms with Gasteiger partial charge >= 0.3 is 51.4 Å². The van der Waals surface area contributed by atoms with Crippen LogP contribution in [-0.2, 0) is 9.53 Å². The summed E-state index contributed by atoms with van der Waals surface area (Å²) in [6, 6.07) is 0. The SMILES string of the molecule is CC(C)(C)[O-].CCC1CCC(=O)CC1.CCC1CCC2(CC1)CO2.CS(C)(C)I.[K+]. The Bertz CT molecular complexity index is 412. The first-order valence-corrected chi connectivity index (χ1v) is 16.8. The number of ether oxygens (including phenoxy) is 1. The van der Waals surface area contributed by atoms with Gasteiger partial charge in [0.1, 0.15) is 5.78 Å². The summed E-state index contributed by atoms with van der Waals surface area (Å²) in [5.74, 6) is 2.33. The molecule has 3 fully saturated rings. The van der Waals surface area contributed by atoms with Crippen LogP contribution < -0.4 is 56.5 Å². The summed E-state index contributed by atoms with van der Waals surface area (Å²) in [4.78, 5) is 10.7. The topological polar surface area (TPSA) is 52.7 Å². The van der Waals surface area contributed by atoms with Crippen LogP contribution >= 0.6 is 28.4 Å². The molecule has 3 rings (SSSR count). The van der Waals surface area contributed by atoms with Crippen molar-refractivity contribution in [2.45, 2.75) is 110 Å². The maximum Gasteiger partial charge on any atom is 1.00 e. The second kappa shape index (κ2) is 16.9. The van der Waals surface area contributed by atoms with Crippen molar-refractivity contribution in [3.63, 3.8) is 0 Å². The van der Waals surface area contributed by atoms with Gasteiger partial charge in [-0.3, -0.25) is 4.79 Å². The van der Waals surface area contributed by atoms with Crippen molar-refractivity contribution in [1.82, 2.24) is 0 Å². The monoisotopic (exact) mass is 582 g/mol. The van der Waals surface area contributed by atoms with Crippen molar-refractivity contribution in [1.29, 1.82) is 0 Å². The van der Waals surface area contributed by atoms with Crippen LogP contribution in [0.5, 0.6) is 0 Å². The number of hydrogen-bond acceptors (Lipinski definition) is 3. The summed E-state index contributed by atoms with van der Waals surface area (Å²) in [5.41, 5.74) is -0.342. The molecular weight excluding hydrogens is 534 g/mol. The molecule has 0 bridgehead atoms. The third kappa shape index (κ3) is 23.5. The molecule has 30 heavy (non-hydrogen) atoms. The van der Waals surface area contributed by atoms with Crippen LogP contribution in [0.4, 0.5) is 0 Å². The van der Waals surface area contributed by atoms with Gasteiger partial charge in [0.2, 0.25) is 0 Å². The van der Waals surface area contributed by atoms with Crippen molar-refractivity contribution >= 4 is 34.2 Å². The van der Waals surface area contributed by atoms with E-state index in [4.69, 9.17) is 4.74 Å². The van der Waals surface area contributed by atoms with Gasteiger partial charge in [-0.2, -0.15) is 7.20 Å². The van der Waals surface area contributed by atoms with E-state index in [-0.39, 0.29) is 58.6 Å². The molecule has 0 radical (unpaired) electrons. The minimum atomic E-state index is -0.750. The molecule has 3 aliphatic rings. The normalized spacial score (nSPS) is 26.6. The first kappa shape index (κ1) is 34.5. The van der Waals surface area contributed by atoms with E-state index in [1.165, 1.54) is 38.5 Å². The van der Waals surface area contributed by atoms with Crippen LogP contribution in [0.15, 0.2) is 0 Å². The zero-order chi connectivity index (χ0) is 22.7. The second-order valence-electron chi connectivity index (χ2n) is 10.5. The van der Waals surface area contributed by atoms with Crippen LogP contribution in [0.3, 0.4) is 0 Å². The Morgan fingerprint density at radius 2 is 1.30 bits per heavy atom. The molecule has 0 N–H and O–H groups in total. The molecule has 1 aliphatic heterocycles. The molecule has 0 aromatic carbocycles. The van der Waals surface area contributed by atoms with Crippen molar-refractivity contribution in [3.8, 4) is 0 Å². The smallest absolute Gasteiger partial charge is 0.850 e.